The zero-order valence-corrected chi connectivity index (χ0v) is 22.5. The quantitative estimate of drug-likeness (QED) is 0.0866. The molecule has 1 amide bonds. The van der Waals surface area contributed by atoms with Crippen LogP contribution in [0.4, 0.5) is 10.8 Å². The van der Waals surface area contributed by atoms with Gasteiger partial charge in [-0.3, -0.25) is 24.6 Å². The van der Waals surface area contributed by atoms with Crippen LogP contribution in [0.25, 0.3) is 16.0 Å². The van der Waals surface area contributed by atoms with Crippen LogP contribution < -0.4 is 14.4 Å². The fourth-order valence-corrected chi connectivity index (χ4v) is 5.54. The Balaban J connectivity index is 1.69. The molecule has 1 saturated heterocycles. The van der Waals surface area contributed by atoms with E-state index in [0.717, 1.165) is 11.1 Å². The summed E-state index contributed by atoms with van der Waals surface area (Å²) < 4.78 is 12.0. The van der Waals surface area contributed by atoms with Crippen LogP contribution in [0.3, 0.4) is 0 Å². The summed E-state index contributed by atoms with van der Waals surface area (Å²) in [6, 6.07) is 16.4. The van der Waals surface area contributed by atoms with Crippen molar-refractivity contribution in [3.8, 4) is 11.5 Å². The van der Waals surface area contributed by atoms with Crippen molar-refractivity contribution in [3.05, 3.63) is 93.5 Å². The molecule has 1 aliphatic heterocycles. The summed E-state index contributed by atoms with van der Waals surface area (Å²) in [6.07, 6.45) is 0.780. The third-order valence-corrected chi connectivity index (χ3v) is 7.30. The standard InChI is InChI=1S/C29H25N3O7S/c1-3-13-39-20-10-6-8-18(15-20)26(33)24-25(17-7-5-9-19(14-17)32(36)37)31(28(35)27(24)34)29-30-22-12-11-21(38-4-2)16-23(22)40-29/h5-12,14-16,25,33H,3-4,13H2,1-2H3/b26-24+. The third-order valence-electron chi connectivity index (χ3n) is 6.29. The molecule has 10 nitrogen and oxygen atoms in total. The SMILES string of the molecule is CCCOc1cccc(/C(O)=C2\C(=O)C(=O)N(c3nc4ccc(OCC)cc4s3)C2c2cccc([N+](=O)[O-])c2)c1. The van der Waals surface area contributed by atoms with Gasteiger partial charge in [0.25, 0.3) is 11.5 Å². The van der Waals surface area contributed by atoms with Gasteiger partial charge in [0.1, 0.15) is 17.3 Å². The molecule has 0 spiro atoms. The number of nitrogens with zero attached hydrogens (tertiary/aromatic N) is 3. The maximum Gasteiger partial charge on any atom is 0.301 e. The van der Waals surface area contributed by atoms with Gasteiger partial charge in [-0.15, -0.1) is 0 Å². The lowest BCUT2D eigenvalue weighted by atomic mass is 9.95. The highest BCUT2D eigenvalue weighted by Crippen LogP contribution is 2.45. The van der Waals surface area contributed by atoms with Crippen molar-refractivity contribution in [1.82, 2.24) is 4.98 Å². The number of anilines is 1. The number of amides is 1. The molecule has 1 aliphatic rings. The molecule has 40 heavy (non-hydrogen) atoms. The Kier molecular flexibility index (Phi) is 7.47. The van der Waals surface area contributed by atoms with E-state index in [4.69, 9.17) is 9.47 Å². The Hall–Kier alpha value is -4.77. The average Bonchev–Trinajstić information content (AvgIpc) is 3.49. The zero-order valence-electron chi connectivity index (χ0n) is 21.7. The first-order valence-electron chi connectivity index (χ1n) is 12.6. The molecular weight excluding hydrogens is 534 g/mol. The Bertz CT molecular complexity index is 1660. The second-order valence-electron chi connectivity index (χ2n) is 8.96. The van der Waals surface area contributed by atoms with Crippen molar-refractivity contribution >= 4 is 49.8 Å². The normalized spacial score (nSPS) is 16.4. The molecule has 0 saturated carbocycles. The molecule has 1 fully saturated rings. The van der Waals surface area contributed by atoms with Crippen molar-refractivity contribution in [2.75, 3.05) is 18.1 Å². The van der Waals surface area contributed by atoms with Gasteiger partial charge >= 0.3 is 5.91 Å². The first-order chi connectivity index (χ1) is 19.3. The van der Waals surface area contributed by atoms with E-state index in [1.165, 1.54) is 34.4 Å². The van der Waals surface area contributed by atoms with Gasteiger partial charge in [0.05, 0.1) is 40.0 Å². The smallest absolute Gasteiger partial charge is 0.301 e. The number of carbonyl (C=O) groups excluding carboxylic acids is 2. The summed E-state index contributed by atoms with van der Waals surface area (Å²) in [4.78, 5) is 43.8. The molecule has 204 valence electrons. The highest BCUT2D eigenvalue weighted by Gasteiger charge is 2.48. The number of hydrogen-bond donors (Lipinski definition) is 1. The summed E-state index contributed by atoms with van der Waals surface area (Å²) in [6.45, 7) is 4.77. The fourth-order valence-electron chi connectivity index (χ4n) is 4.51. The van der Waals surface area contributed by atoms with Gasteiger partial charge in [0.2, 0.25) is 0 Å². The number of thiazole rings is 1. The molecule has 1 N–H and O–H groups in total. The number of hydrogen-bond acceptors (Lipinski definition) is 9. The molecule has 1 unspecified atom stereocenters. The zero-order chi connectivity index (χ0) is 28.4. The van der Waals surface area contributed by atoms with E-state index in [2.05, 4.69) is 4.98 Å². The van der Waals surface area contributed by atoms with Gasteiger partial charge in [-0.05, 0) is 49.2 Å². The number of ketones is 1. The first-order valence-corrected chi connectivity index (χ1v) is 13.5. The van der Waals surface area contributed by atoms with E-state index < -0.39 is 28.4 Å². The van der Waals surface area contributed by atoms with Crippen LogP contribution in [0, 0.1) is 10.1 Å². The molecule has 4 aromatic rings. The summed E-state index contributed by atoms with van der Waals surface area (Å²) in [5.74, 6) is -1.13. The minimum absolute atomic E-state index is 0.201. The second-order valence-corrected chi connectivity index (χ2v) is 9.97. The Labute approximate surface area is 233 Å². The van der Waals surface area contributed by atoms with Gasteiger partial charge in [0.15, 0.2) is 5.13 Å². The molecule has 3 aromatic carbocycles. The molecule has 0 bridgehead atoms. The summed E-state index contributed by atoms with van der Waals surface area (Å²) in [7, 11) is 0. The van der Waals surface area contributed by atoms with Crippen LogP contribution in [0.1, 0.15) is 37.4 Å². The number of nitro benzene ring substituents is 1. The van der Waals surface area contributed by atoms with E-state index >= 15 is 0 Å². The number of rotatable bonds is 9. The molecule has 0 radical (unpaired) electrons. The number of aromatic nitrogens is 1. The number of ether oxygens (including phenoxy) is 2. The number of carbonyl (C=O) groups is 2. The number of benzene rings is 3. The second kappa shape index (κ2) is 11.1. The maximum atomic E-state index is 13.5. The van der Waals surface area contributed by atoms with Crippen molar-refractivity contribution in [1.29, 1.82) is 0 Å². The number of aliphatic hydroxyl groups is 1. The van der Waals surface area contributed by atoms with Crippen LogP contribution in [-0.4, -0.2) is 39.9 Å². The predicted octanol–water partition coefficient (Wildman–Crippen LogP) is 6.02. The number of aliphatic hydroxyl groups excluding tert-OH is 1. The molecule has 5 rings (SSSR count). The molecular formula is C29H25N3O7S. The highest BCUT2D eigenvalue weighted by molar-refractivity contribution is 7.22. The van der Waals surface area contributed by atoms with Crippen LogP contribution in [-0.2, 0) is 9.59 Å². The summed E-state index contributed by atoms with van der Waals surface area (Å²) in [5.41, 5.74) is 0.718. The van der Waals surface area contributed by atoms with Gasteiger partial charge in [-0.25, -0.2) is 4.98 Å². The highest BCUT2D eigenvalue weighted by atomic mass is 32.1. The average molecular weight is 560 g/mol. The lowest BCUT2D eigenvalue weighted by molar-refractivity contribution is -0.384. The van der Waals surface area contributed by atoms with Crippen molar-refractivity contribution < 1.29 is 29.1 Å². The number of fused-ring (bicyclic) bond motifs is 1. The van der Waals surface area contributed by atoms with E-state index in [1.54, 1.807) is 48.5 Å². The van der Waals surface area contributed by atoms with Gasteiger partial charge in [0, 0.05) is 17.7 Å². The van der Waals surface area contributed by atoms with Crippen LogP contribution in [0.5, 0.6) is 11.5 Å². The van der Waals surface area contributed by atoms with Crippen molar-refractivity contribution in [2.24, 2.45) is 0 Å². The van der Waals surface area contributed by atoms with E-state index in [0.29, 0.717) is 30.2 Å². The minimum Gasteiger partial charge on any atom is -0.507 e. The summed E-state index contributed by atoms with van der Waals surface area (Å²) >= 11 is 1.17. The van der Waals surface area contributed by atoms with E-state index in [9.17, 15) is 24.8 Å². The van der Waals surface area contributed by atoms with Crippen LogP contribution >= 0.6 is 11.3 Å². The van der Waals surface area contributed by atoms with Crippen molar-refractivity contribution in [3.63, 3.8) is 0 Å². The van der Waals surface area contributed by atoms with Gasteiger partial charge in [-0.1, -0.05) is 42.5 Å². The van der Waals surface area contributed by atoms with E-state index in [-0.39, 0.29) is 27.5 Å². The minimum atomic E-state index is -1.16. The maximum absolute atomic E-state index is 13.5. The lowest BCUT2D eigenvalue weighted by Gasteiger charge is -2.22. The summed E-state index contributed by atoms with van der Waals surface area (Å²) in [5, 5.41) is 23.2. The van der Waals surface area contributed by atoms with Crippen molar-refractivity contribution in [2.45, 2.75) is 26.3 Å². The van der Waals surface area contributed by atoms with E-state index in [1.807, 2.05) is 13.8 Å². The van der Waals surface area contributed by atoms with Crippen LogP contribution in [0.15, 0.2) is 72.3 Å². The van der Waals surface area contributed by atoms with Gasteiger partial charge < -0.3 is 14.6 Å². The third kappa shape index (κ3) is 4.98. The number of Topliss-reactive ketones (excluding diaryl/α,β-unsaturated/α-hetero) is 1. The number of nitro groups is 1. The Morgan fingerprint density at radius 1 is 1.05 bits per heavy atom. The molecule has 11 heteroatoms. The lowest BCUT2D eigenvalue weighted by Crippen LogP contribution is -2.29. The van der Waals surface area contributed by atoms with Gasteiger partial charge in [-0.2, -0.15) is 0 Å². The molecule has 1 atom stereocenters. The molecule has 2 heterocycles. The predicted molar refractivity (Wildman–Crippen MR) is 151 cm³/mol. The Morgan fingerprint density at radius 2 is 1.82 bits per heavy atom. The molecule has 0 aliphatic carbocycles. The largest absolute Gasteiger partial charge is 0.507 e. The Morgan fingerprint density at radius 3 is 2.58 bits per heavy atom. The van der Waals surface area contributed by atoms with Crippen LogP contribution in [0.2, 0.25) is 0 Å². The monoisotopic (exact) mass is 559 g/mol. The first kappa shape index (κ1) is 26.8. The topological polar surface area (TPSA) is 132 Å². The molecule has 1 aromatic heterocycles. The fraction of sp³-hybridized carbons (Fsp3) is 0.207. The number of non-ortho nitro benzene ring substituents is 1.